The molecule has 0 aliphatic heterocycles. The number of H-pyrrole nitrogens is 1. The molecular formula is C19H14ClF3N2O2. The van der Waals surface area contributed by atoms with Crippen LogP contribution in [0.3, 0.4) is 0 Å². The van der Waals surface area contributed by atoms with Gasteiger partial charge in [-0.3, -0.25) is 9.89 Å². The highest BCUT2D eigenvalue weighted by Crippen LogP contribution is 2.32. The molecular weight excluding hydrogens is 381 g/mol. The molecule has 27 heavy (non-hydrogen) atoms. The minimum Gasteiger partial charge on any atom is -0.459 e. The minimum absolute atomic E-state index is 0.269. The monoisotopic (exact) mass is 394 g/mol. The molecule has 3 rings (SSSR count). The second-order valence-electron chi connectivity index (χ2n) is 5.84. The van der Waals surface area contributed by atoms with Crippen LogP contribution in [0.4, 0.5) is 13.2 Å². The number of carbonyl (C=O) groups excluding carboxylic acids is 1. The molecule has 0 radical (unpaired) electrons. The van der Waals surface area contributed by atoms with Crippen LogP contribution in [-0.2, 0) is 22.1 Å². The van der Waals surface area contributed by atoms with E-state index in [0.717, 1.165) is 12.1 Å². The highest BCUT2D eigenvalue weighted by molar-refractivity contribution is 6.30. The first-order valence-electron chi connectivity index (χ1n) is 7.93. The van der Waals surface area contributed by atoms with Gasteiger partial charge >= 0.3 is 6.18 Å². The van der Waals surface area contributed by atoms with E-state index in [9.17, 15) is 18.0 Å². The number of nitrogens with one attached hydrogen (secondary N) is 1. The molecule has 0 fully saturated rings. The van der Waals surface area contributed by atoms with Crippen LogP contribution >= 0.6 is 11.6 Å². The van der Waals surface area contributed by atoms with Gasteiger partial charge in [-0.25, -0.2) is 0 Å². The van der Waals surface area contributed by atoms with Crippen molar-refractivity contribution >= 4 is 18.1 Å². The molecule has 1 N–H and O–H groups in total. The van der Waals surface area contributed by atoms with E-state index in [0.29, 0.717) is 34.0 Å². The van der Waals surface area contributed by atoms with Crippen LogP contribution in [0, 0.1) is 0 Å². The SMILES string of the molecule is O=COC(Cc1cc(-c2cccc(C(F)(F)F)c2)n[nH]1)c1cccc(Cl)c1. The highest BCUT2D eigenvalue weighted by atomic mass is 35.5. The Balaban J connectivity index is 1.83. The van der Waals surface area contributed by atoms with Crippen LogP contribution in [0.15, 0.2) is 54.6 Å². The average Bonchev–Trinajstić information content (AvgIpc) is 3.09. The van der Waals surface area contributed by atoms with Gasteiger partial charge < -0.3 is 4.74 Å². The van der Waals surface area contributed by atoms with E-state index in [2.05, 4.69) is 10.2 Å². The molecule has 3 aromatic rings. The highest BCUT2D eigenvalue weighted by Gasteiger charge is 2.30. The Labute approximate surface area is 157 Å². The summed E-state index contributed by atoms with van der Waals surface area (Å²) in [7, 11) is 0. The van der Waals surface area contributed by atoms with Crippen molar-refractivity contribution in [2.75, 3.05) is 0 Å². The molecule has 140 valence electrons. The maximum Gasteiger partial charge on any atom is 0.416 e. The molecule has 0 saturated heterocycles. The van der Waals surface area contributed by atoms with Gasteiger partial charge in [0.2, 0.25) is 0 Å². The van der Waals surface area contributed by atoms with Crippen molar-refractivity contribution < 1.29 is 22.7 Å². The molecule has 0 aliphatic carbocycles. The number of hydrogen-bond acceptors (Lipinski definition) is 3. The standard InChI is InChI=1S/C19H14ClF3N2O2/c20-15-6-2-4-13(8-15)18(27-11-26)10-16-9-17(25-24-16)12-3-1-5-14(7-12)19(21,22)23/h1-9,11,18H,10H2,(H,24,25). The molecule has 0 aliphatic rings. The first kappa shape index (κ1) is 19.0. The van der Waals surface area contributed by atoms with Crippen molar-refractivity contribution in [2.24, 2.45) is 0 Å². The molecule has 1 unspecified atom stereocenters. The van der Waals surface area contributed by atoms with Gasteiger partial charge in [-0.2, -0.15) is 18.3 Å². The van der Waals surface area contributed by atoms with E-state index in [4.69, 9.17) is 16.3 Å². The molecule has 8 heteroatoms. The molecule has 0 amide bonds. The van der Waals surface area contributed by atoms with E-state index in [1.165, 1.54) is 6.07 Å². The summed E-state index contributed by atoms with van der Waals surface area (Å²) in [5.74, 6) is 0. The number of halogens is 4. The molecule has 2 aromatic carbocycles. The number of nitrogens with zero attached hydrogens (tertiary/aromatic N) is 1. The molecule has 0 saturated carbocycles. The fraction of sp³-hybridized carbons (Fsp3) is 0.158. The lowest BCUT2D eigenvalue weighted by Gasteiger charge is -2.14. The number of ether oxygens (including phenoxy) is 1. The van der Waals surface area contributed by atoms with Crippen molar-refractivity contribution in [3.63, 3.8) is 0 Å². The maximum atomic E-state index is 12.9. The fourth-order valence-electron chi connectivity index (χ4n) is 2.69. The Bertz CT molecular complexity index is 940. The summed E-state index contributed by atoms with van der Waals surface area (Å²) in [5, 5.41) is 7.35. The van der Waals surface area contributed by atoms with Gasteiger partial charge in [0.25, 0.3) is 6.47 Å². The van der Waals surface area contributed by atoms with Gasteiger partial charge in [-0.15, -0.1) is 0 Å². The number of rotatable bonds is 6. The molecule has 4 nitrogen and oxygen atoms in total. The van der Waals surface area contributed by atoms with E-state index < -0.39 is 17.8 Å². The van der Waals surface area contributed by atoms with Crippen LogP contribution in [-0.4, -0.2) is 16.7 Å². The van der Waals surface area contributed by atoms with Crippen molar-refractivity contribution in [2.45, 2.75) is 18.7 Å². The Morgan fingerprint density at radius 2 is 1.93 bits per heavy atom. The number of benzene rings is 2. The first-order chi connectivity index (χ1) is 12.9. The van der Waals surface area contributed by atoms with Gasteiger partial charge in [0.1, 0.15) is 6.10 Å². The largest absolute Gasteiger partial charge is 0.459 e. The zero-order chi connectivity index (χ0) is 19.4. The normalized spacial score (nSPS) is 12.6. The van der Waals surface area contributed by atoms with E-state index in [-0.39, 0.29) is 6.42 Å². The Hall–Kier alpha value is -2.80. The van der Waals surface area contributed by atoms with Gasteiger partial charge in [0.05, 0.1) is 11.3 Å². The summed E-state index contributed by atoms with van der Waals surface area (Å²) in [6.07, 6.45) is -4.76. The number of carbonyl (C=O) groups is 1. The second-order valence-corrected chi connectivity index (χ2v) is 6.27. The van der Waals surface area contributed by atoms with Crippen molar-refractivity contribution in [3.8, 4) is 11.3 Å². The topological polar surface area (TPSA) is 55.0 Å². The third-order valence-corrected chi connectivity index (χ3v) is 4.20. The van der Waals surface area contributed by atoms with Crippen LogP contribution in [0.25, 0.3) is 11.3 Å². The quantitative estimate of drug-likeness (QED) is 0.584. The third-order valence-electron chi connectivity index (χ3n) is 3.96. The van der Waals surface area contributed by atoms with Crippen molar-refractivity contribution in [1.29, 1.82) is 0 Å². The lowest BCUT2D eigenvalue weighted by atomic mass is 10.0. The predicted octanol–water partition coefficient (Wildman–Crippen LogP) is 5.21. The van der Waals surface area contributed by atoms with Crippen LogP contribution < -0.4 is 0 Å². The zero-order valence-corrected chi connectivity index (χ0v) is 14.6. The summed E-state index contributed by atoms with van der Waals surface area (Å²) in [6.45, 7) is 0.343. The predicted molar refractivity (Wildman–Crippen MR) is 94.1 cm³/mol. The lowest BCUT2D eigenvalue weighted by molar-refractivity contribution is -0.137. The summed E-state index contributed by atoms with van der Waals surface area (Å²) in [6, 6.07) is 13.4. The molecule has 1 aromatic heterocycles. The maximum absolute atomic E-state index is 12.9. The zero-order valence-electron chi connectivity index (χ0n) is 13.8. The lowest BCUT2D eigenvalue weighted by Crippen LogP contribution is -2.07. The minimum atomic E-state index is -4.43. The number of aromatic amines is 1. The molecule has 1 heterocycles. The van der Waals surface area contributed by atoms with Crippen LogP contribution in [0.1, 0.15) is 22.9 Å². The van der Waals surface area contributed by atoms with Crippen LogP contribution in [0.5, 0.6) is 0 Å². The van der Waals surface area contributed by atoms with Gasteiger partial charge in [0.15, 0.2) is 0 Å². The second kappa shape index (κ2) is 7.84. The fourth-order valence-corrected chi connectivity index (χ4v) is 2.89. The van der Waals surface area contributed by atoms with Gasteiger partial charge in [-0.1, -0.05) is 35.9 Å². The molecule has 0 bridgehead atoms. The Morgan fingerprint density at radius 3 is 2.63 bits per heavy atom. The number of alkyl halides is 3. The third kappa shape index (κ3) is 4.68. The van der Waals surface area contributed by atoms with Gasteiger partial charge in [0, 0.05) is 22.7 Å². The Kier molecular flexibility index (Phi) is 5.51. The summed E-state index contributed by atoms with van der Waals surface area (Å²) in [5.41, 5.74) is 1.26. The molecule has 1 atom stereocenters. The van der Waals surface area contributed by atoms with E-state index >= 15 is 0 Å². The van der Waals surface area contributed by atoms with Crippen LogP contribution in [0.2, 0.25) is 5.02 Å². The van der Waals surface area contributed by atoms with Crippen molar-refractivity contribution in [3.05, 3.63) is 76.4 Å². The van der Waals surface area contributed by atoms with Gasteiger partial charge in [-0.05, 0) is 35.9 Å². The number of hydrogen-bond donors (Lipinski definition) is 1. The van der Waals surface area contributed by atoms with E-state index in [1.807, 2.05) is 0 Å². The van der Waals surface area contributed by atoms with Crippen molar-refractivity contribution in [1.82, 2.24) is 10.2 Å². The summed E-state index contributed by atoms with van der Waals surface area (Å²) < 4.78 is 43.8. The molecule has 0 spiro atoms. The number of aromatic nitrogens is 2. The average molecular weight is 395 g/mol. The van der Waals surface area contributed by atoms with E-state index in [1.54, 1.807) is 36.4 Å². The smallest absolute Gasteiger partial charge is 0.416 e. The Morgan fingerprint density at radius 1 is 1.15 bits per heavy atom. The summed E-state index contributed by atoms with van der Waals surface area (Å²) >= 11 is 5.97. The summed E-state index contributed by atoms with van der Waals surface area (Å²) in [4.78, 5) is 10.8. The first-order valence-corrected chi connectivity index (χ1v) is 8.31.